The summed E-state index contributed by atoms with van der Waals surface area (Å²) >= 11 is 0. The van der Waals surface area contributed by atoms with Crippen LogP contribution in [0.25, 0.3) is 10.9 Å². The van der Waals surface area contributed by atoms with E-state index in [-0.39, 0.29) is 11.9 Å². The minimum absolute atomic E-state index is 0.0649. The molecule has 5 heteroatoms. The molecule has 0 fully saturated rings. The van der Waals surface area contributed by atoms with E-state index in [4.69, 9.17) is 4.74 Å². The molecule has 24 heavy (non-hydrogen) atoms. The zero-order valence-electron chi connectivity index (χ0n) is 13.9. The molecule has 3 rings (SSSR count). The molecule has 0 spiro atoms. The number of hydrogen-bond acceptors (Lipinski definition) is 3. The SMILES string of the molecule is COc1ccc(CC[C@@H](C)NC(=O)c2n[nH]c3ccccc23)cc1. The highest BCUT2D eigenvalue weighted by molar-refractivity contribution is 6.04. The van der Waals surface area contributed by atoms with Crippen LogP contribution in [-0.2, 0) is 6.42 Å². The first kappa shape index (κ1) is 16.1. The van der Waals surface area contributed by atoms with Gasteiger partial charge in [0, 0.05) is 11.4 Å². The number of nitrogens with zero attached hydrogens (tertiary/aromatic N) is 1. The number of carbonyl (C=O) groups is 1. The van der Waals surface area contributed by atoms with Gasteiger partial charge in [-0.2, -0.15) is 5.10 Å². The highest BCUT2D eigenvalue weighted by Gasteiger charge is 2.15. The molecule has 0 unspecified atom stereocenters. The van der Waals surface area contributed by atoms with E-state index in [1.54, 1.807) is 7.11 Å². The molecule has 2 N–H and O–H groups in total. The summed E-state index contributed by atoms with van der Waals surface area (Å²) in [4.78, 5) is 12.4. The van der Waals surface area contributed by atoms with Gasteiger partial charge >= 0.3 is 0 Å². The van der Waals surface area contributed by atoms with Crippen LogP contribution in [0.4, 0.5) is 0 Å². The minimum Gasteiger partial charge on any atom is -0.497 e. The van der Waals surface area contributed by atoms with E-state index in [2.05, 4.69) is 27.6 Å². The van der Waals surface area contributed by atoms with Gasteiger partial charge in [-0.3, -0.25) is 9.89 Å². The number of para-hydroxylation sites is 1. The third-order valence-corrected chi connectivity index (χ3v) is 4.09. The van der Waals surface area contributed by atoms with Crippen LogP contribution in [-0.4, -0.2) is 29.3 Å². The predicted molar refractivity (Wildman–Crippen MR) is 94.3 cm³/mol. The van der Waals surface area contributed by atoms with E-state index in [9.17, 15) is 4.79 Å². The van der Waals surface area contributed by atoms with Crippen molar-refractivity contribution in [2.45, 2.75) is 25.8 Å². The van der Waals surface area contributed by atoms with Gasteiger partial charge in [0.25, 0.3) is 5.91 Å². The van der Waals surface area contributed by atoms with Gasteiger partial charge in [0.15, 0.2) is 5.69 Å². The monoisotopic (exact) mass is 323 g/mol. The molecule has 0 aliphatic rings. The molecule has 0 saturated heterocycles. The molecule has 2 aromatic carbocycles. The first-order chi connectivity index (χ1) is 11.7. The van der Waals surface area contributed by atoms with Crippen molar-refractivity contribution in [2.24, 2.45) is 0 Å². The van der Waals surface area contributed by atoms with Crippen LogP contribution >= 0.6 is 0 Å². The summed E-state index contributed by atoms with van der Waals surface area (Å²) in [7, 11) is 1.66. The van der Waals surface area contributed by atoms with E-state index < -0.39 is 0 Å². The summed E-state index contributed by atoms with van der Waals surface area (Å²) in [6.07, 6.45) is 1.76. The first-order valence-corrected chi connectivity index (χ1v) is 8.04. The molecule has 1 heterocycles. The Bertz CT molecular complexity index is 824. The number of aromatic amines is 1. The number of carbonyl (C=O) groups excluding carboxylic acids is 1. The van der Waals surface area contributed by atoms with Crippen molar-refractivity contribution < 1.29 is 9.53 Å². The molecule has 0 bridgehead atoms. The number of hydrogen-bond donors (Lipinski definition) is 2. The normalized spacial score (nSPS) is 12.1. The fourth-order valence-corrected chi connectivity index (χ4v) is 2.68. The average molecular weight is 323 g/mol. The fraction of sp³-hybridized carbons (Fsp3) is 0.263. The van der Waals surface area contributed by atoms with Crippen molar-refractivity contribution >= 4 is 16.8 Å². The number of nitrogens with one attached hydrogen (secondary N) is 2. The maximum atomic E-state index is 12.4. The summed E-state index contributed by atoms with van der Waals surface area (Å²) in [5.41, 5.74) is 2.54. The lowest BCUT2D eigenvalue weighted by Crippen LogP contribution is -2.33. The van der Waals surface area contributed by atoms with Crippen LogP contribution in [0.3, 0.4) is 0 Å². The zero-order valence-corrected chi connectivity index (χ0v) is 13.9. The van der Waals surface area contributed by atoms with Crippen LogP contribution in [0.15, 0.2) is 48.5 Å². The van der Waals surface area contributed by atoms with E-state index >= 15 is 0 Å². The molecule has 1 amide bonds. The Kier molecular flexibility index (Phi) is 4.79. The van der Waals surface area contributed by atoms with Gasteiger partial charge in [-0.25, -0.2) is 0 Å². The Balaban J connectivity index is 1.57. The number of ether oxygens (including phenoxy) is 1. The molecule has 5 nitrogen and oxygen atoms in total. The van der Waals surface area contributed by atoms with Gasteiger partial charge in [0.1, 0.15) is 5.75 Å². The lowest BCUT2D eigenvalue weighted by atomic mass is 10.1. The summed E-state index contributed by atoms with van der Waals surface area (Å²) in [6, 6.07) is 15.7. The van der Waals surface area contributed by atoms with Crippen molar-refractivity contribution in [3.05, 3.63) is 59.8 Å². The second kappa shape index (κ2) is 7.17. The van der Waals surface area contributed by atoms with Crippen LogP contribution in [0.1, 0.15) is 29.4 Å². The van der Waals surface area contributed by atoms with Crippen LogP contribution in [0.2, 0.25) is 0 Å². The van der Waals surface area contributed by atoms with Gasteiger partial charge in [-0.05, 0) is 43.5 Å². The Morgan fingerprint density at radius 1 is 1.21 bits per heavy atom. The van der Waals surface area contributed by atoms with Crippen molar-refractivity contribution in [3.8, 4) is 5.75 Å². The number of H-pyrrole nitrogens is 1. The molecule has 124 valence electrons. The average Bonchev–Trinajstić information content (AvgIpc) is 3.04. The van der Waals surface area contributed by atoms with E-state index in [0.717, 1.165) is 29.5 Å². The molecule has 3 aromatic rings. The highest BCUT2D eigenvalue weighted by atomic mass is 16.5. The van der Waals surface area contributed by atoms with Crippen molar-refractivity contribution in [2.75, 3.05) is 7.11 Å². The number of aromatic nitrogens is 2. The summed E-state index contributed by atoms with van der Waals surface area (Å²) in [5.74, 6) is 0.709. The Morgan fingerprint density at radius 3 is 2.71 bits per heavy atom. The van der Waals surface area contributed by atoms with Gasteiger partial charge in [-0.15, -0.1) is 0 Å². The maximum Gasteiger partial charge on any atom is 0.272 e. The van der Waals surface area contributed by atoms with E-state index in [1.807, 2.05) is 43.3 Å². The minimum atomic E-state index is -0.144. The predicted octanol–water partition coefficient (Wildman–Crippen LogP) is 3.32. The zero-order chi connectivity index (χ0) is 16.9. The van der Waals surface area contributed by atoms with Gasteiger partial charge in [0.2, 0.25) is 0 Å². The lowest BCUT2D eigenvalue weighted by molar-refractivity contribution is 0.0935. The third-order valence-electron chi connectivity index (χ3n) is 4.09. The smallest absolute Gasteiger partial charge is 0.272 e. The molecule has 0 aliphatic carbocycles. The standard InChI is InChI=1S/C19H21N3O2/c1-13(7-8-14-9-11-15(24-2)12-10-14)20-19(23)18-16-5-3-4-6-17(16)21-22-18/h3-6,9-13H,7-8H2,1-2H3,(H,20,23)(H,21,22)/t13-/m1/s1. The Labute approximate surface area is 141 Å². The molecule has 1 aromatic heterocycles. The summed E-state index contributed by atoms with van der Waals surface area (Å²) < 4.78 is 5.16. The molecule has 0 aliphatic heterocycles. The third kappa shape index (κ3) is 3.56. The number of methoxy groups -OCH3 is 1. The van der Waals surface area contributed by atoms with Gasteiger partial charge in [0.05, 0.1) is 12.6 Å². The highest BCUT2D eigenvalue weighted by Crippen LogP contribution is 2.16. The van der Waals surface area contributed by atoms with Crippen LogP contribution < -0.4 is 10.1 Å². The molecular formula is C19H21N3O2. The van der Waals surface area contributed by atoms with Crippen molar-refractivity contribution in [1.82, 2.24) is 15.5 Å². The second-order valence-electron chi connectivity index (χ2n) is 5.88. The number of rotatable bonds is 6. The fourth-order valence-electron chi connectivity index (χ4n) is 2.68. The quantitative estimate of drug-likeness (QED) is 0.731. The van der Waals surface area contributed by atoms with Crippen molar-refractivity contribution in [3.63, 3.8) is 0 Å². The summed E-state index contributed by atoms with van der Waals surface area (Å²) in [6.45, 7) is 2.01. The maximum absolute atomic E-state index is 12.4. The van der Waals surface area contributed by atoms with Crippen LogP contribution in [0.5, 0.6) is 5.75 Å². The van der Waals surface area contributed by atoms with Gasteiger partial charge in [-0.1, -0.05) is 30.3 Å². The van der Waals surface area contributed by atoms with E-state index in [0.29, 0.717) is 5.69 Å². The number of benzene rings is 2. The first-order valence-electron chi connectivity index (χ1n) is 8.04. The Hall–Kier alpha value is -2.82. The molecule has 0 radical (unpaired) electrons. The topological polar surface area (TPSA) is 67.0 Å². The number of amides is 1. The lowest BCUT2D eigenvalue weighted by Gasteiger charge is -2.13. The largest absolute Gasteiger partial charge is 0.497 e. The molecular weight excluding hydrogens is 302 g/mol. The number of fused-ring (bicyclic) bond motifs is 1. The van der Waals surface area contributed by atoms with Crippen molar-refractivity contribution in [1.29, 1.82) is 0 Å². The van der Waals surface area contributed by atoms with Gasteiger partial charge < -0.3 is 10.1 Å². The molecule has 1 atom stereocenters. The second-order valence-corrected chi connectivity index (χ2v) is 5.88. The van der Waals surface area contributed by atoms with Crippen LogP contribution in [0, 0.1) is 0 Å². The summed E-state index contributed by atoms with van der Waals surface area (Å²) in [5, 5.41) is 10.9. The molecule has 0 saturated carbocycles. The number of aryl methyl sites for hydroxylation is 1. The van der Waals surface area contributed by atoms with E-state index in [1.165, 1.54) is 5.56 Å². The Morgan fingerprint density at radius 2 is 1.96 bits per heavy atom.